The topological polar surface area (TPSA) is 20.2 Å². The van der Waals surface area contributed by atoms with Crippen LogP contribution in [0.3, 0.4) is 0 Å². The van der Waals surface area contributed by atoms with E-state index in [2.05, 4.69) is 29.5 Å². The highest BCUT2D eigenvalue weighted by Gasteiger charge is 2.14. The molecule has 0 saturated heterocycles. The van der Waals surface area contributed by atoms with Crippen LogP contribution in [0.4, 0.5) is 4.39 Å². The van der Waals surface area contributed by atoms with Crippen molar-refractivity contribution in [3.05, 3.63) is 29.8 Å². The monoisotopic (exact) mass is 336 g/mol. The molecule has 1 nitrogen and oxygen atoms in total. The van der Waals surface area contributed by atoms with Gasteiger partial charge in [0, 0.05) is 3.92 Å². The average Bonchev–Trinajstić information content (AvgIpc) is 2.25. The van der Waals surface area contributed by atoms with Crippen LogP contribution >= 0.6 is 22.6 Å². The van der Waals surface area contributed by atoms with Gasteiger partial charge in [-0.1, -0.05) is 41.6 Å². The molecule has 1 aromatic rings. The van der Waals surface area contributed by atoms with Crippen LogP contribution in [0.5, 0.6) is 5.75 Å². The largest absolute Gasteiger partial charge is 0.508 e. The van der Waals surface area contributed by atoms with Gasteiger partial charge in [0.05, 0.1) is 0 Å². The normalized spacial score (nSPS) is 16.8. The molecule has 0 fully saturated rings. The fraction of sp³-hybridized carbons (Fsp3) is 0.538. The molecule has 3 unspecified atom stereocenters. The van der Waals surface area contributed by atoms with Crippen molar-refractivity contribution in [3.63, 3.8) is 0 Å². The van der Waals surface area contributed by atoms with Gasteiger partial charge in [0.2, 0.25) is 0 Å². The summed E-state index contributed by atoms with van der Waals surface area (Å²) in [6.07, 6.45) is 1.07. The van der Waals surface area contributed by atoms with E-state index in [1.54, 1.807) is 19.1 Å². The Bertz CT molecular complexity index is 327. The lowest BCUT2D eigenvalue weighted by Gasteiger charge is -2.15. The first-order valence-corrected chi connectivity index (χ1v) is 6.82. The number of phenolic OH excluding ortho intramolecular Hbond substituents is 1. The van der Waals surface area contributed by atoms with Crippen LogP contribution in [-0.2, 0) is 0 Å². The van der Waals surface area contributed by atoms with E-state index in [1.165, 1.54) is 0 Å². The van der Waals surface area contributed by atoms with Gasteiger partial charge >= 0.3 is 0 Å². The van der Waals surface area contributed by atoms with E-state index >= 15 is 0 Å². The van der Waals surface area contributed by atoms with E-state index in [1.807, 2.05) is 12.1 Å². The molecule has 16 heavy (non-hydrogen) atoms. The van der Waals surface area contributed by atoms with Gasteiger partial charge in [-0.2, -0.15) is 0 Å². The molecule has 0 aliphatic rings. The van der Waals surface area contributed by atoms with Crippen molar-refractivity contribution in [2.24, 2.45) is 0 Å². The van der Waals surface area contributed by atoms with Gasteiger partial charge in [-0.15, -0.1) is 0 Å². The van der Waals surface area contributed by atoms with Crippen LogP contribution in [0.1, 0.15) is 38.2 Å². The Morgan fingerprint density at radius 2 is 2.00 bits per heavy atom. The summed E-state index contributed by atoms with van der Waals surface area (Å²) in [5, 5.41) is 9.37. The Kier molecular flexibility index (Phi) is 5.52. The molecule has 0 aromatic heterocycles. The Labute approximate surface area is 110 Å². The third-order valence-corrected chi connectivity index (χ3v) is 4.43. The Hall–Kier alpha value is -0.320. The van der Waals surface area contributed by atoms with E-state index in [0.717, 1.165) is 18.4 Å². The first kappa shape index (κ1) is 13.7. The molecule has 0 bridgehead atoms. The molecular formula is C13H18FIO. The number of phenols is 1. The molecule has 90 valence electrons. The Balaban J connectivity index is 2.49. The van der Waals surface area contributed by atoms with Crippen molar-refractivity contribution in [2.75, 3.05) is 0 Å². The van der Waals surface area contributed by atoms with E-state index in [0.29, 0.717) is 11.7 Å². The molecule has 0 aliphatic heterocycles. The summed E-state index contributed by atoms with van der Waals surface area (Å²) in [6.45, 7) is 3.72. The van der Waals surface area contributed by atoms with E-state index in [9.17, 15) is 9.50 Å². The lowest BCUT2D eigenvalue weighted by atomic mass is 9.95. The zero-order chi connectivity index (χ0) is 12.1. The van der Waals surface area contributed by atoms with Gasteiger partial charge in [-0.05, 0) is 43.4 Å². The van der Waals surface area contributed by atoms with Crippen molar-refractivity contribution in [3.8, 4) is 5.75 Å². The number of aromatic hydroxyl groups is 1. The molecule has 0 aliphatic carbocycles. The smallest absolute Gasteiger partial charge is 0.115 e. The predicted molar refractivity (Wildman–Crippen MR) is 74.1 cm³/mol. The van der Waals surface area contributed by atoms with Crippen LogP contribution in [0.15, 0.2) is 24.3 Å². The average molecular weight is 336 g/mol. The maximum atomic E-state index is 13.0. The minimum Gasteiger partial charge on any atom is -0.508 e. The molecule has 1 rings (SSSR count). The maximum Gasteiger partial charge on any atom is 0.115 e. The van der Waals surface area contributed by atoms with Gasteiger partial charge in [-0.3, -0.25) is 0 Å². The second-order valence-electron chi connectivity index (χ2n) is 4.27. The van der Waals surface area contributed by atoms with Crippen LogP contribution < -0.4 is 0 Å². The van der Waals surface area contributed by atoms with Crippen LogP contribution in [0.2, 0.25) is 0 Å². The number of benzene rings is 1. The lowest BCUT2D eigenvalue weighted by molar-refractivity contribution is 0.346. The fourth-order valence-corrected chi connectivity index (χ4v) is 2.00. The van der Waals surface area contributed by atoms with Crippen LogP contribution in [0, 0.1) is 0 Å². The molecule has 0 heterocycles. The van der Waals surface area contributed by atoms with Gasteiger partial charge < -0.3 is 5.11 Å². The van der Waals surface area contributed by atoms with Crippen molar-refractivity contribution in [2.45, 2.75) is 42.7 Å². The summed E-state index contributed by atoms with van der Waals surface area (Å²) in [4.78, 5) is 0. The van der Waals surface area contributed by atoms with Crippen molar-refractivity contribution in [1.82, 2.24) is 0 Å². The van der Waals surface area contributed by atoms with Crippen molar-refractivity contribution < 1.29 is 9.50 Å². The molecule has 3 atom stereocenters. The number of hydrogen-bond donors (Lipinski definition) is 1. The predicted octanol–water partition coefficient (Wildman–Crippen LogP) is 4.44. The van der Waals surface area contributed by atoms with Crippen LogP contribution in [0.25, 0.3) is 0 Å². The molecule has 1 aromatic carbocycles. The second kappa shape index (κ2) is 6.42. The van der Waals surface area contributed by atoms with Gasteiger partial charge in [0.25, 0.3) is 0 Å². The Morgan fingerprint density at radius 1 is 1.31 bits per heavy atom. The minimum absolute atomic E-state index is 0.0809. The third-order valence-electron chi connectivity index (χ3n) is 2.81. The molecule has 0 amide bonds. The Morgan fingerprint density at radius 3 is 2.56 bits per heavy atom. The zero-order valence-corrected chi connectivity index (χ0v) is 11.8. The van der Waals surface area contributed by atoms with E-state index in [-0.39, 0.29) is 3.92 Å². The summed E-state index contributed by atoms with van der Waals surface area (Å²) >= 11 is 2.17. The molecule has 0 saturated carbocycles. The van der Waals surface area contributed by atoms with Crippen LogP contribution in [-0.4, -0.2) is 15.2 Å². The van der Waals surface area contributed by atoms with Crippen molar-refractivity contribution in [1.29, 1.82) is 0 Å². The first-order valence-electron chi connectivity index (χ1n) is 5.57. The molecular weight excluding hydrogens is 318 g/mol. The van der Waals surface area contributed by atoms with Gasteiger partial charge in [0.1, 0.15) is 11.9 Å². The van der Waals surface area contributed by atoms with E-state index < -0.39 is 6.17 Å². The molecule has 0 radical (unpaired) electrons. The number of halogens is 2. The SMILES string of the molecule is CC(CCC(I)C(C)F)c1cccc(O)c1. The summed E-state index contributed by atoms with van der Waals surface area (Å²) < 4.78 is 13.0. The third kappa shape index (κ3) is 4.28. The molecule has 3 heteroatoms. The van der Waals surface area contributed by atoms with Gasteiger partial charge in [-0.25, -0.2) is 4.39 Å². The highest BCUT2D eigenvalue weighted by Crippen LogP contribution is 2.27. The summed E-state index contributed by atoms with van der Waals surface area (Å²) in [7, 11) is 0. The lowest BCUT2D eigenvalue weighted by Crippen LogP contribution is -2.12. The second-order valence-corrected chi connectivity index (χ2v) is 5.87. The number of alkyl halides is 2. The summed E-state index contributed by atoms with van der Waals surface area (Å²) in [6, 6.07) is 7.30. The minimum atomic E-state index is -0.753. The summed E-state index contributed by atoms with van der Waals surface area (Å²) in [5.41, 5.74) is 1.12. The zero-order valence-electron chi connectivity index (χ0n) is 9.66. The quantitative estimate of drug-likeness (QED) is 0.623. The van der Waals surface area contributed by atoms with Gasteiger partial charge in [0.15, 0.2) is 0 Å². The van der Waals surface area contributed by atoms with Crippen molar-refractivity contribution >= 4 is 22.6 Å². The standard InChI is InChI=1S/C13H18FIO/c1-9(6-7-13(15)10(2)14)11-4-3-5-12(16)8-11/h3-5,8-10,13,16H,6-7H2,1-2H3. The molecule has 1 N–H and O–H groups in total. The highest BCUT2D eigenvalue weighted by molar-refractivity contribution is 14.1. The maximum absolute atomic E-state index is 13.0. The first-order chi connectivity index (χ1) is 7.50. The number of rotatable bonds is 5. The fourth-order valence-electron chi connectivity index (χ4n) is 1.64. The highest BCUT2D eigenvalue weighted by atomic mass is 127. The van der Waals surface area contributed by atoms with E-state index in [4.69, 9.17) is 0 Å². The summed E-state index contributed by atoms with van der Waals surface area (Å²) in [5.74, 6) is 0.664. The number of hydrogen-bond acceptors (Lipinski definition) is 1. The molecule has 0 spiro atoms.